The Kier molecular flexibility index (Phi) is 4.07. The molecule has 2 rings (SSSR count). The molecule has 0 heterocycles. The standard InChI is InChI=1S/C16H24IN/c1-12-8-15(2,3)11-16(18,9-12)10-13-4-6-14(17)7-5-13/h4-7,12H,8-11,18H2,1-3H3. The molecule has 1 aliphatic carbocycles. The summed E-state index contributed by atoms with van der Waals surface area (Å²) in [5, 5.41) is 0. The molecular formula is C16H24IN. The number of benzene rings is 1. The van der Waals surface area contributed by atoms with E-state index in [1.54, 1.807) is 0 Å². The fraction of sp³-hybridized carbons (Fsp3) is 0.625. The number of nitrogens with two attached hydrogens (primary N) is 1. The fourth-order valence-corrected chi connectivity index (χ4v) is 4.31. The molecule has 2 atom stereocenters. The molecule has 0 radical (unpaired) electrons. The van der Waals surface area contributed by atoms with Gasteiger partial charge in [-0.15, -0.1) is 0 Å². The van der Waals surface area contributed by atoms with Gasteiger partial charge in [-0.05, 0) is 77.3 Å². The zero-order chi connectivity index (χ0) is 13.4. The first-order valence-corrected chi connectivity index (χ1v) is 7.89. The third kappa shape index (κ3) is 3.70. The highest BCUT2D eigenvalue weighted by Crippen LogP contribution is 2.43. The summed E-state index contributed by atoms with van der Waals surface area (Å²) in [6.45, 7) is 7.06. The van der Waals surface area contributed by atoms with E-state index in [-0.39, 0.29) is 5.54 Å². The molecule has 1 saturated carbocycles. The molecule has 0 bridgehead atoms. The van der Waals surface area contributed by atoms with Crippen LogP contribution in [0.4, 0.5) is 0 Å². The molecule has 0 spiro atoms. The maximum Gasteiger partial charge on any atom is 0.0202 e. The van der Waals surface area contributed by atoms with Crippen LogP contribution in [0.2, 0.25) is 0 Å². The average Bonchev–Trinajstić information content (AvgIpc) is 2.17. The highest BCUT2D eigenvalue weighted by Gasteiger charge is 2.40. The van der Waals surface area contributed by atoms with Crippen LogP contribution in [0, 0.1) is 14.9 Å². The molecule has 0 amide bonds. The molecule has 1 aromatic rings. The third-order valence-electron chi connectivity index (χ3n) is 3.96. The Morgan fingerprint density at radius 2 is 1.83 bits per heavy atom. The van der Waals surface area contributed by atoms with Crippen LogP contribution in [0.15, 0.2) is 24.3 Å². The first-order valence-electron chi connectivity index (χ1n) is 6.81. The topological polar surface area (TPSA) is 26.0 Å². The molecule has 1 aliphatic rings. The van der Waals surface area contributed by atoms with Crippen molar-refractivity contribution in [2.75, 3.05) is 0 Å². The summed E-state index contributed by atoms with van der Waals surface area (Å²) < 4.78 is 1.29. The van der Waals surface area contributed by atoms with E-state index in [1.807, 2.05) is 0 Å². The maximum absolute atomic E-state index is 6.69. The van der Waals surface area contributed by atoms with E-state index >= 15 is 0 Å². The first kappa shape index (κ1) is 14.3. The van der Waals surface area contributed by atoms with Crippen molar-refractivity contribution >= 4 is 22.6 Å². The van der Waals surface area contributed by atoms with E-state index in [2.05, 4.69) is 67.6 Å². The van der Waals surface area contributed by atoms with Gasteiger partial charge in [0, 0.05) is 9.11 Å². The number of hydrogen-bond donors (Lipinski definition) is 1. The van der Waals surface area contributed by atoms with Gasteiger partial charge in [-0.1, -0.05) is 32.9 Å². The van der Waals surface area contributed by atoms with Crippen LogP contribution >= 0.6 is 22.6 Å². The summed E-state index contributed by atoms with van der Waals surface area (Å²) in [7, 11) is 0. The lowest BCUT2D eigenvalue weighted by molar-refractivity contribution is 0.108. The van der Waals surface area contributed by atoms with E-state index in [1.165, 1.54) is 15.6 Å². The first-order chi connectivity index (χ1) is 8.28. The normalized spacial score (nSPS) is 31.3. The summed E-state index contributed by atoms with van der Waals surface area (Å²) in [5.41, 5.74) is 8.44. The minimum Gasteiger partial charge on any atom is -0.325 e. The fourth-order valence-electron chi connectivity index (χ4n) is 3.95. The van der Waals surface area contributed by atoms with E-state index in [9.17, 15) is 0 Å². The van der Waals surface area contributed by atoms with Gasteiger partial charge in [-0.2, -0.15) is 0 Å². The maximum atomic E-state index is 6.69. The summed E-state index contributed by atoms with van der Waals surface area (Å²) in [5.74, 6) is 0.739. The van der Waals surface area contributed by atoms with Crippen LogP contribution in [0.1, 0.15) is 45.6 Å². The average molecular weight is 357 g/mol. The lowest BCUT2D eigenvalue weighted by Crippen LogP contribution is -2.50. The lowest BCUT2D eigenvalue weighted by Gasteiger charge is -2.46. The molecule has 0 aromatic heterocycles. The second-order valence-electron chi connectivity index (χ2n) is 7.02. The molecule has 2 heteroatoms. The second-order valence-corrected chi connectivity index (χ2v) is 8.27. The zero-order valence-corrected chi connectivity index (χ0v) is 13.8. The summed E-state index contributed by atoms with van der Waals surface area (Å²) >= 11 is 2.35. The zero-order valence-electron chi connectivity index (χ0n) is 11.7. The van der Waals surface area contributed by atoms with E-state index in [0.717, 1.165) is 25.2 Å². The third-order valence-corrected chi connectivity index (χ3v) is 4.68. The molecule has 1 fully saturated rings. The molecule has 2 N–H and O–H groups in total. The smallest absolute Gasteiger partial charge is 0.0202 e. The van der Waals surface area contributed by atoms with E-state index in [4.69, 9.17) is 5.73 Å². The van der Waals surface area contributed by atoms with Crippen LogP contribution in [-0.4, -0.2) is 5.54 Å². The second kappa shape index (κ2) is 5.12. The summed E-state index contributed by atoms with van der Waals surface area (Å²) in [4.78, 5) is 0. The molecule has 0 saturated heterocycles. The summed E-state index contributed by atoms with van der Waals surface area (Å²) in [6, 6.07) is 8.80. The number of rotatable bonds is 2. The number of hydrogen-bond acceptors (Lipinski definition) is 1. The molecular weight excluding hydrogens is 333 g/mol. The van der Waals surface area contributed by atoms with Crippen molar-refractivity contribution in [1.29, 1.82) is 0 Å². The monoisotopic (exact) mass is 357 g/mol. The highest BCUT2D eigenvalue weighted by atomic mass is 127. The predicted molar refractivity (Wildman–Crippen MR) is 86.6 cm³/mol. The molecule has 2 unspecified atom stereocenters. The van der Waals surface area contributed by atoms with Gasteiger partial charge >= 0.3 is 0 Å². The minimum absolute atomic E-state index is 0.0199. The molecule has 18 heavy (non-hydrogen) atoms. The van der Waals surface area contributed by atoms with Crippen LogP contribution in [0.5, 0.6) is 0 Å². The quantitative estimate of drug-likeness (QED) is 0.782. The van der Waals surface area contributed by atoms with Gasteiger partial charge in [0.05, 0.1) is 0 Å². The van der Waals surface area contributed by atoms with Gasteiger partial charge in [0.25, 0.3) is 0 Å². The van der Waals surface area contributed by atoms with Gasteiger partial charge in [-0.25, -0.2) is 0 Å². The van der Waals surface area contributed by atoms with Crippen molar-refractivity contribution in [2.24, 2.45) is 17.1 Å². The SMILES string of the molecule is CC1CC(C)(C)CC(N)(Cc2ccc(I)cc2)C1. The van der Waals surface area contributed by atoms with Gasteiger partial charge in [0.15, 0.2) is 0 Å². The Hall–Kier alpha value is -0.0900. The van der Waals surface area contributed by atoms with E-state index < -0.39 is 0 Å². The Balaban J connectivity index is 2.13. The molecule has 1 nitrogen and oxygen atoms in total. The van der Waals surface area contributed by atoms with Crippen molar-refractivity contribution in [1.82, 2.24) is 0 Å². The van der Waals surface area contributed by atoms with Crippen molar-refractivity contribution in [3.8, 4) is 0 Å². The Labute approximate surface area is 125 Å². The van der Waals surface area contributed by atoms with Crippen LogP contribution < -0.4 is 5.73 Å². The van der Waals surface area contributed by atoms with Gasteiger partial charge in [0.2, 0.25) is 0 Å². The van der Waals surface area contributed by atoms with Crippen LogP contribution in [0.25, 0.3) is 0 Å². The van der Waals surface area contributed by atoms with Crippen molar-refractivity contribution < 1.29 is 0 Å². The van der Waals surface area contributed by atoms with Crippen molar-refractivity contribution in [2.45, 2.75) is 52.0 Å². The predicted octanol–water partition coefficient (Wildman–Crippen LogP) is 4.38. The summed E-state index contributed by atoms with van der Waals surface area (Å²) in [6.07, 6.45) is 4.61. The van der Waals surface area contributed by atoms with Crippen LogP contribution in [-0.2, 0) is 6.42 Å². The van der Waals surface area contributed by atoms with Gasteiger partial charge in [0.1, 0.15) is 0 Å². The Morgan fingerprint density at radius 1 is 1.22 bits per heavy atom. The highest BCUT2D eigenvalue weighted by molar-refractivity contribution is 14.1. The van der Waals surface area contributed by atoms with Crippen molar-refractivity contribution in [3.63, 3.8) is 0 Å². The van der Waals surface area contributed by atoms with Crippen LogP contribution in [0.3, 0.4) is 0 Å². The van der Waals surface area contributed by atoms with E-state index in [0.29, 0.717) is 5.41 Å². The largest absolute Gasteiger partial charge is 0.325 e. The lowest BCUT2D eigenvalue weighted by atomic mass is 9.63. The molecule has 100 valence electrons. The minimum atomic E-state index is -0.0199. The van der Waals surface area contributed by atoms with Crippen molar-refractivity contribution in [3.05, 3.63) is 33.4 Å². The van der Waals surface area contributed by atoms with Gasteiger partial charge in [-0.3, -0.25) is 0 Å². The Bertz CT molecular complexity index is 410. The molecule has 1 aromatic carbocycles. The Morgan fingerprint density at radius 3 is 2.39 bits per heavy atom. The number of halogens is 1. The molecule has 0 aliphatic heterocycles. The van der Waals surface area contributed by atoms with Gasteiger partial charge < -0.3 is 5.73 Å².